The molecule has 1 heterocycles. The molecule has 0 saturated carbocycles. The topological polar surface area (TPSA) is 46.6 Å². The Bertz CT molecular complexity index is 592. The predicted octanol–water partition coefficient (Wildman–Crippen LogP) is 2.81. The normalized spacial score (nSPS) is 10.0. The van der Waals surface area contributed by atoms with Crippen molar-refractivity contribution >= 4 is 28.9 Å². The molecule has 1 aromatic heterocycles. The maximum absolute atomic E-state index is 12.4. The molecule has 1 amide bonds. The molecule has 0 bridgehead atoms. The van der Waals surface area contributed by atoms with Crippen molar-refractivity contribution in [1.29, 1.82) is 0 Å². The van der Waals surface area contributed by atoms with E-state index in [0.717, 1.165) is 5.69 Å². The first-order valence-corrected chi connectivity index (χ1v) is 6.52. The summed E-state index contributed by atoms with van der Waals surface area (Å²) in [5.74, 6) is -0.715. The van der Waals surface area contributed by atoms with Crippen molar-refractivity contribution in [2.45, 2.75) is 0 Å². The molecule has 4 nitrogen and oxygen atoms in total. The van der Waals surface area contributed by atoms with Gasteiger partial charge in [0.15, 0.2) is 0 Å². The number of hydrogen-bond donors (Lipinski definition) is 0. The Morgan fingerprint density at radius 3 is 2.47 bits per heavy atom. The Morgan fingerprint density at radius 1 is 1.16 bits per heavy atom. The summed E-state index contributed by atoms with van der Waals surface area (Å²) in [5, 5.41) is 1.71. The molecule has 0 atom stereocenters. The molecule has 0 aliphatic carbocycles. The standard InChI is InChI=1S/C14H13NO3S/c1-15(10-6-4-3-5-7-10)13(16)11-8-9-19-12(11)14(17)18-2/h3-9H,1-2H3. The van der Waals surface area contributed by atoms with Crippen LogP contribution in [-0.2, 0) is 4.74 Å². The van der Waals surface area contributed by atoms with Crippen molar-refractivity contribution in [1.82, 2.24) is 0 Å². The van der Waals surface area contributed by atoms with Gasteiger partial charge in [0.1, 0.15) is 4.88 Å². The summed E-state index contributed by atoms with van der Waals surface area (Å²) in [5.41, 5.74) is 1.14. The summed E-state index contributed by atoms with van der Waals surface area (Å²) in [6.45, 7) is 0. The Morgan fingerprint density at radius 2 is 1.84 bits per heavy atom. The molecule has 0 N–H and O–H groups in total. The predicted molar refractivity (Wildman–Crippen MR) is 74.8 cm³/mol. The highest BCUT2D eigenvalue weighted by Crippen LogP contribution is 2.22. The molecule has 0 saturated heterocycles. The van der Waals surface area contributed by atoms with Crippen LogP contribution in [0.1, 0.15) is 20.0 Å². The average molecular weight is 275 g/mol. The minimum Gasteiger partial charge on any atom is -0.465 e. The maximum Gasteiger partial charge on any atom is 0.348 e. The Labute approximate surface area is 115 Å². The van der Waals surface area contributed by atoms with Crippen LogP contribution in [0.5, 0.6) is 0 Å². The van der Waals surface area contributed by atoms with Crippen molar-refractivity contribution in [3.05, 3.63) is 52.2 Å². The third-order valence-corrected chi connectivity index (χ3v) is 3.61. The van der Waals surface area contributed by atoms with E-state index in [1.54, 1.807) is 18.5 Å². The summed E-state index contributed by atoms with van der Waals surface area (Å²) in [6.07, 6.45) is 0. The molecule has 0 unspecified atom stereocenters. The van der Waals surface area contributed by atoms with Crippen molar-refractivity contribution < 1.29 is 14.3 Å². The molecule has 2 aromatic rings. The Hall–Kier alpha value is -2.14. The fraction of sp³-hybridized carbons (Fsp3) is 0.143. The molecule has 0 fully saturated rings. The fourth-order valence-corrected chi connectivity index (χ4v) is 2.48. The van der Waals surface area contributed by atoms with Crippen molar-refractivity contribution in [3.63, 3.8) is 0 Å². The molecule has 1 aromatic carbocycles. The van der Waals surface area contributed by atoms with Gasteiger partial charge in [-0.2, -0.15) is 0 Å². The van der Waals surface area contributed by atoms with Gasteiger partial charge in [-0.05, 0) is 23.6 Å². The van der Waals surface area contributed by atoms with Gasteiger partial charge < -0.3 is 9.64 Å². The van der Waals surface area contributed by atoms with Crippen molar-refractivity contribution in [2.75, 3.05) is 19.1 Å². The van der Waals surface area contributed by atoms with Crippen LogP contribution in [0.3, 0.4) is 0 Å². The lowest BCUT2D eigenvalue weighted by molar-refractivity contribution is 0.0603. The molecule has 0 aliphatic heterocycles. The fourth-order valence-electron chi connectivity index (χ4n) is 1.68. The average Bonchev–Trinajstić information content (AvgIpc) is 2.95. The third-order valence-electron chi connectivity index (χ3n) is 2.71. The lowest BCUT2D eigenvalue weighted by Gasteiger charge is -2.17. The number of para-hydroxylation sites is 1. The van der Waals surface area contributed by atoms with Crippen LogP contribution in [-0.4, -0.2) is 26.0 Å². The van der Waals surface area contributed by atoms with Crippen molar-refractivity contribution in [3.8, 4) is 0 Å². The quantitative estimate of drug-likeness (QED) is 0.809. The summed E-state index contributed by atoms with van der Waals surface area (Å²) < 4.78 is 4.67. The summed E-state index contributed by atoms with van der Waals surface area (Å²) in [6, 6.07) is 10.9. The number of benzene rings is 1. The Kier molecular flexibility index (Phi) is 3.97. The molecular formula is C14H13NO3S. The maximum atomic E-state index is 12.4. The lowest BCUT2D eigenvalue weighted by Crippen LogP contribution is -2.27. The van der Waals surface area contributed by atoms with Crippen LogP contribution < -0.4 is 4.90 Å². The van der Waals surface area contributed by atoms with Crippen LogP contribution in [0.4, 0.5) is 5.69 Å². The van der Waals surface area contributed by atoms with Gasteiger partial charge >= 0.3 is 5.97 Å². The van der Waals surface area contributed by atoms with E-state index < -0.39 is 5.97 Å². The van der Waals surface area contributed by atoms with Gasteiger partial charge in [0, 0.05) is 12.7 Å². The second-order valence-electron chi connectivity index (χ2n) is 3.85. The van der Waals surface area contributed by atoms with E-state index in [4.69, 9.17) is 0 Å². The summed E-state index contributed by atoms with van der Waals surface area (Å²) in [7, 11) is 2.98. The van der Waals surface area contributed by atoms with Crippen LogP contribution in [0.15, 0.2) is 41.8 Å². The monoisotopic (exact) mass is 275 g/mol. The number of carbonyl (C=O) groups is 2. The van der Waals surface area contributed by atoms with E-state index >= 15 is 0 Å². The number of thiophene rings is 1. The molecule has 98 valence electrons. The third kappa shape index (κ3) is 2.66. The number of hydrogen-bond acceptors (Lipinski definition) is 4. The first kappa shape index (κ1) is 13.3. The lowest BCUT2D eigenvalue weighted by atomic mass is 10.2. The van der Waals surface area contributed by atoms with E-state index in [9.17, 15) is 9.59 Å². The zero-order valence-corrected chi connectivity index (χ0v) is 11.4. The van der Waals surface area contributed by atoms with Gasteiger partial charge in [0.05, 0.1) is 12.7 Å². The minimum absolute atomic E-state index is 0.229. The number of esters is 1. The number of carbonyl (C=O) groups excluding carboxylic acids is 2. The zero-order valence-electron chi connectivity index (χ0n) is 10.6. The largest absolute Gasteiger partial charge is 0.465 e. The summed E-state index contributed by atoms with van der Waals surface area (Å²) in [4.78, 5) is 25.8. The first-order valence-electron chi connectivity index (χ1n) is 5.64. The second-order valence-corrected chi connectivity index (χ2v) is 4.77. The van der Waals surface area contributed by atoms with Crippen molar-refractivity contribution in [2.24, 2.45) is 0 Å². The first-order chi connectivity index (χ1) is 9.15. The molecule has 19 heavy (non-hydrogen) atoms. The smallest absolute Gasteiger partial charge is 0.348 e. The SMILES string of the molecule is COC(=O)c1sccc1C(=O)N(C)c1ccccc1. The van der Waals surface area contributed by atoms with E-state index in [0.29, 0.717) is 10.4 Å². The van der Waals surface area contributed by atoms with E-state index in [1.807, 2.05) is 30.3 Å². The molecule has 0 radical (unpaired) electrons. The van der Waals surface area contributed by atoms with Crippen LogP contribution >= 0.6 is 11.3 Å². The van der Waals surface area contributed by atoms with Gasteiger partial charge in [0.2, 0.25) is 0 Å². The van der Waals surface area contributed by atoms with E-state index in [1.165, 1.54) is 23.3 Å². The van der Waals surface area contributed by atoms with Gasteiger partial charge in [-0.15, -0.1) is 11.3 Å². The van der Waals surface area contributed by atoms with Gasteiger partial charge in [0.25, 0.3) is 5.91 Å². The number of nitrogens with zero attached hydrogens (tertiary/aromatic N) is 1. The highest BCUT2D eigenvalue weighted by molar-refractivity contribution is 7.12. The number of ether oxygens (including phenoxy) is 1. The summed E-state index contributed by atoms with van der Waals surface area (Å²) >= 11 is 1.20. The number of anilines is 1. The number of amides is 1. The molecule has 2 rings (SSSR count). The second kappa shape index (κ2) is 5.67. The van der Waals surface area contributed by atoms with Gasteiger partial charge in [-0.25, -0.2) is 4.79 Å². The zero-order chi connectivity index (χ0) is 13.8. The highest BCUT2D eigenvalue weighted by Gasteiger charge is 2.22. The van der Waals surface area contributed by atoms with E-state index in [-0.39, 0.29) is 5.91 Å². The highest BCUT2D eigenvalue weighted by atomic mass is 32.1. The van der Waals surface area contributed by atoms with E-state index in [2.05, 4.69) is 4.74 Å². The van der Waals surface area contributed by atoms with Gasteiger partial charge in [-0.1, -0.05) is 18.2 Å². The molecule has 0 spiro atoms. The molecular weight excluding hydrogens is 262 g/mol. The minimum atomic E-state index is -0.486. The molecule has 0 aliphatic rings. The molecule has 5 heteroatoms. The Balaban J connectivity index is 2.30. The number of rotatable bonds is 3. The van der Waals surface area contributed by atoms with Crippen LogP contribution in [0.25, 0.3) is 0 Å². The number of methoxy groups -OCH3 is 1. The van der Waals surface area contributed by atoms with Crippen LogP contribution in [0.2, 0.25) is 0 Å². The van der Waals surface area contributed by atoms with Crippen LogP contribution in [0, 0.1) is 0 Å². The van der Waals surface area contributed by atoms with Gasteiger partial charge in [-0.3, -0.25) is 4.79 Å².